The lowest BCUT2D eigenvalue weighted by Gasteiger charge is -2.35. The molecule has 6 heteroatoms. The highest BCUT2D eigenvalue weighted by molar-refractivity contribution is 6.11. The summed E-state index contributed by atoms with van der Waals surface area (Å²) < 4.78 is 25.4. The molecule has 1 aliphatic carbocycles. The van der Waals surface area contributed by atoms with Crippen molar-refractivity contribution in [2.75, 3.05) is 0 Å². The zero-order valence-electron chi connectivity index (χ0n) is 15.3. The van der Waals surface area contributed by atoms with E-state index in [2.05, 4.69) is 0 Å². The van der Waals surface area contributed by atoms with Crippen molar-refractivity contribution in [3.8, 4) is 0 Å². The van der Waals surface area contributed by atoms with Crippen LogP contribution in [0.3, 0.4) is 0 Å². The van der Waals surface area contributed by atoms with Crippen LogP contribution in [0.15, 0.2) is 58.4 Å². The average molecular weight is 381 g/mol. The van der Waals surface area contributed by atoms with Crippen molar-refractivity contribution >= 4 is 11.7 Å². The van der Waals surface area contributed by atoms with Crippen molar-refractivity contribution in [3.63, 3.8) is 0 Å². The minimum absolute atomic E-state index is 0.0319. The number of halogens is 1. The number of hydrogen-bond donors (Lipinski definition) is 0. The lowest BCUT2D eigenvalue weighted by Crippen LogP contribution is -2.39. The Morgan fingerprint density at radius 2 is 1.96 bits per heavy atom. The highest BCUT2D eigenvalue weighted by atomic mass is 19.1. The molecule has 0 bridgehead atoms. The summed E-state index contributed by atoms with van der Waals surface area (Å²) in [5.41, 5.74) is 0.932. The number of furan rings is 1. The van der Waals surface area contributed by atoms with Crippen molar-refractivity contribution in [3.05, 3.63) is 71.1 Å². The number of ether oxygens (including phenoxy) is 1. The first-order chi connectivity index (χ1) is 13.6. The third-order valence-electron chi connectivity index (χ3n) is 5.93. The molecular formula is C22H20FNO4. The van der Waals surface area contributed by atoms with Gasteiger partial charge in [0.15, 0.2) is 11.5 Å². The molecule has 0 radical (unpaired) electrons. The molecule has 0 spiro atoms. The summed E-state index contributed by atoms with van der Waals surface area (Å²) in [6.45, 7) is 0.186. The second-order valence-corrected chi connectivity index (χ2v) is 7.62. The van der Waals surface area contributed by atoms with Crippen LogP contribution in [0.25, 0.3) is 0 Å². The van der Waals surface area contributed by atoms with E-state index in [1.165, 1.54) is 18.4 Å². The minimum Gasteiger partial charge on any atom is -0.483 e. The van der Waals surface area contributed by atoms with Crippen molar-refractivity contribution in [2.24, 2.45) is 5.92 Å². The number of rotatable bonds is 3. The summed E-state index contributed by atoms with van der Waals surface area (Å²) >= 11 is 0. The maximum absolute atomic E-state index is 14.0. The molecule has 3 unspecified atom stereocenters. The maximum atomic E-state index is 14.0. The molecule has 5 nitrogen and oxygen atoms in total. The van der Waals surface area contributed by atoms with Gasteiger partial charge < -0.3 is 14.1 Å². The number of hydrogen-bond acceptors (Lipinski definition) is 4. The van der Waals surface area contributed by atoms with E-state index in [1.54, 1.807) is 29.2 Å². The summed E-state index contributed by atoms with van der Waals surface area (Å²) in [5, 5.41) is 0. The van der Waals surface area contributed by atoms with E-state index in [0.717, 1.165) is 25.7 Å². The van der Waals surface area contributed by atoms with Gasteiger partial charge in [-0.3, -0.25) is 9.59 Å². The van der Waals surface area contributed by atoms with Gasteiger partial charge in [0.05, 0.1) is 30.3 Å². The normalized spacial score (nSPS) is 26.9. The first-order valence-electron chi connectivity index (χ1n) is 9.67. The SMILES string of the molecule is O=C1C2=C(OC3CCCCC13)C(=O)N(Cc1ccco1)C2c1cccc(F)c1. The molecule has 3 heterocycles. The highest BCUT2D eigenvalue weighted by Gasteiger charge is 2.52. The molecule has 2 aromatic rings. The number of fused-ring (bicyclic) bond motifs is 1. The van der Waals surface area contributed by atoms with Crippen molar-refractivity contribution in [1.82, 2.24) is 4.90 Å². The summed E-state index contributed by atoms with van der Waals surface area (Å²) in [5.74, 6) is -0.265. The average Bonchev–Trinajstić information content (AvgIpc) is 3.30. The van der Waals surface area contributed by atoms with Crippen LogP contribution >= 0.6 is 0 Å². The Balaban J connectivity index is 1.60. The Morgan fingerprint density at radius 1 is 1.11 bits per heavy atom. The molecule has 1 aromatic carbocycles. The fourth-order valence-electron chi connectivity index (χ4n) is 4.65. The number of amides is 1. The molecule has 2 aliphatic heterocycles. The van der Waals surface area contributed by atoms with Crippen molar-refractivity contribution in [1.29, 1.82) is 0 Å². The number of carbonyl (C=O) groups excluding carboxylic acids is 2. The molecule has 0 N–H and O–H groups in total. The van der Waals surface area contributed by atoms with E-state index in [0.29, 0.717) is 16.9 Å². The van der Waals surface area contributed by atoms with Crippen LogP contribution in [0.2, 0.25) is 0 Å². The van der Waals surface area contributed by atoms with Crippen molar-refractivity contribution < 1.29 is 23.1 Å². The van der Waals surface area contributed by atoms with Crippen LogP contribution < -0.4 is 0 Å². The van der Waals surface area contributed by atoms with Crippen LogP contribution in [-0.2, 0) is 20.9 Å². The molecule has 1 aromatic heterocycles. The van der Waals surface area contributed by atoms with E-state index in [4.69, 9.17) is 9.15 Å². The highest BCUT2D eigenvalue weighted by Crippen LogP contribution is 2.47. The molecular weight excluding hydrogens is 361 g/mol. The van der Waals surface area contributed by atoms with E-state index >= 15 is 0 Å². The molecule has 28 heavy (non-hydrogen) atoms. The fraction of sp³-hybridized carbons (Fsp3) is 0.364. The van der Waals surface area contributed by atoms with Gasteiger partial charge in [-0.25, -0.2) is 4.39 Å². The summed E-state index contributed by atoms with van der Waals surface area (Å²) in [6, 6.07) is 8.92. The molecule has 3 atom stereocenters. The topological polar surface area (TPSA) is 59.8 Å². The molecule has 1 fully saturated rings. The Morgan fingerprint density at radius 3 is 2.75 bits per heavy atom. The largest absolute Gasteiger partial charge is 0.483 e. The Labute approximate surface area is 161 Å². The van der Waals surface area contributed by atoms with Crippen LogP contribution in [0.4, 0.5) is 4.39 Å². The molecule has 3 aliphatic rings. The predicted molar refractivity (Wildman–Crippen MR) is 97.3 cm³/mol. The maximum Gasteiger partial charge on any atom is 0.290 e. The van der Waals surface area contributed by atoms with Crippen LogP contribution in [-0.4, -0.2) is 22.7 Å². The number of nitrogens with zero attached hydrogens (tertiary/aromatic N) is 1. The summed E-state index contributed by atoms with van der Waals surface area (Å²) in [7, 11) is 0. The number of ketones is 1. The van der Waals surface area contributed by atoms with Crippen LogP contribution in [0.5, 0.6) is 0 Å². The number of carbonyl (C=O) groups is 2. The van der Waals surface area contributed by atoms with Gasteiger partial charge >= 0.3 is 0 Å². The third kappa shape index (κ3) is 2.66. The standard InChI is InChI=1S/C22H20FNO4/c23-14-6-3-5-13(11-14)19-18-20(25)16-8-1-2-9-17(16)28-21(18)22(26)24(19)12-15-7-4-10-27-15/h3-7,10-11,16-17,19H,1-2,8-9,12H2. The molecule has 1 saturated carbocycles. The smallest absolute Gasteiger partial charge is 0.290 e. The van der Waals surface area contributed by atoms with E-state index < -0.39 is 11.9 Å². The van der Waals surface area contributed by atoms with Gasteiger partial charge in [0.25, 0.3) is 5.91 Å². The van der Waals surface area contributed by atoms with Gasteiger partial charge in [0.2, 0.25) is 0 Å². The number of benzene rings is 1. The molecule has 144 valence electrons. The first kappa shape index (κ1) is 17.2. The quantitative estimate of drug-likeness (QED) is 0.809. The lowest BCUT2D eigenvalue weighted by molar-refractivity contribution is -0.135. The van der Waals surface area contributed by atoms with Gasteiger partial charge in [-0.1, -0.05) is 18.6 Å². The van der Waals surface area contributed by atoms with E-state index in [-0.39, 0.29) is 36.0 Å². The van der Waals surface area contributed by atoms with Gasteiger partial charge in [-0.15, -0.1) is 0 Å². The lowest BCUT2D eigenvalue weighted by atomic mass is 9.77. The van der Waals surface area contributed by atoms with E-state index in [9.17, 15) is 14.0 Å². The Hall–Kier alpha value is -2.89. The van der Waals surface area contributed by atoms with Gasteiger partial charge in [0, 0.05) is 0 Å². The second-order valence-electron chi connectivity index (χ2n) is 7.62. The monoisotopic (exact) mass is 381 g/mol. The summed E-state index contributed by atoms with van der Waals surface area (Å²) in [4.78, 5) is 28.1. The number of Topliss-reactive ketones (excluding diaryl/α,β-unsaturated/α-hetero) is 1. The first-order valence-corrected chi connectivity index (χ1v) is 9.67. The second kappa shape index (κ2) is 6.62. The fourth-order valence-corrected chi connectivity index (χ4v) is 4.65. The van der Waals surface area contributed by atoms with Crippen LogP contribution in [0, 0.1) is 11.7 Å². The minimum atomic E-state index is -0.668. The Kier molecular flexibility index (Phi) is 4.07. The zero-order chi connectivity index (χ0) is 19.3. The van der Waals surface area contributed by atoms with Crippen molar-refractivity contribution in [2.45, 2.75) is 44.4 Å². The van der Waals surface area contributed by atoms with Crippen LogP contribution in [0.1, 0.15) is 43.0 Å². The van der Waals surface area contributed by atoms with Gasteiger partial charge in [-0.05, 0) is 49.1 Å². The van der Waals surface area contributed by atoms with E-state index in [1.807, 2.05) is 0 Å². The van der Waals surface area contributed by atoms with Gasteiger partial charge in [-0.2, -0.15) is 0 Å². The molecule has 1 amide bonds. The molecule has 0 saturated heterocycles. The predicted octanol–water partition coefficient (Wildman–Crippen LogP) is 3.91. The summed E-state index contributed by atoms with van der Waals surface area (Å²) in [6.07, 6.45) is 4.82. The van der Waals surface area contributed by atoms with Gasteiger partial charge in [0.1, 0.15) is 17.7 Å². The zero-order valence-corrected chi connectivity index (χ0v) is 15.3. The molecule has 5 rings (SSSR count). The Bertz CT molecular complexity index is 965. The third-order valence-corrected chi connectivity index (χ3v) is 5.93.